The van der Waals surface area contributed by atoms with Gasteiger partial charge >= 0.3 is 121 Å². The average molecular weight is 470 g/mol. The van der Waals surface area contributed by atoms with Crippen LogP contribution in [0.1, 0.15) is 6.92 Å². The second-order valence-electron chi connectivity index (χ2n) is 4.44. The normalized spacial score (nSPS) is 24.7. The van der Waals surface area contributed by atoms with Crippen LogP contribution in [0.25, 0.3) is 0 Å². The summed E-state index contributed by atoms with van der Waals surface area (Å²) in [7, 11) is 1.72. The van der Waals surface area contributed by atoms with Crippen LogP contribution >= 0.6 is 0 Å². The molecule has 1 aliphatic heterocycles. The summed E-state index contributed by atoms with van der Waals surface area (Å²) in [5, 5.41) is 0. The fraction of sp³-hybridized carbons (Fsp3) is 0.800. The molecule has 0 aliphatic carbocycles. The number of ether oxygens (including phenoxy) is 2. The van der Waals surface area contributed by atoms with Crippen molar-refractivity contribution in [2.45, 2.75) is 29.3 Å². The summed E-state index contributed by atoms with van der Waals surface area (Å²) in [4.78, 5) is 24.2. The van der Waals surface area contributed by atoms with E-state index in [2.05, 4.69) is 4.74 Å². The van der Waals surface area contributed by atoms with E-state index in [9.17, 15) is 22.8 Å². The quantitative estimate of drug-likeness (QED) is 0.583. The summed E-state index contributed by atoms with van der Waals surface area (Å²) in [5.41, 5.74) is 0. The summed E-state index contributed by atoms with van der Waals surface area (Å²) < 4.78 is 43.4. The molecule has 1 heterocycles. The van der Waals surface area contributed by atoms with E-state index in [1.165, 1.54) is 6.92 Å². The van der Waals surface area contributed by atoms with E-state index >= 15 is 0 Å². The summed E-state index contributed by atoms with van der Waals surface area (Å²) in [6.45, 7) is 2.06. The maximum absolute atomic E-state index is 11.8. The summed E-state index contributed by atoms with van der Waals surface area (Å²) in [6.07, 6.45) is -4.89. The van der Waals surface area contributed by atoms with Gasteiger partial charge in [0.25, 0.3) is 0 Å². The van der Waals surface area contributed by atoms with Crippen LogP contribution < -0.4 is 0 Å². The fourth-order valence-corrected chi connectivity index (χ4v) is 7.44. The van der Waals surface area contributed by atoms with Crippen molar-refractivity contribution >= 4 is 9.26 Å². The predicted octanol–water partition coefficient (Wildman–Crippen LogP) is 1.43. The molecule has 0 bridgehead atoms. The molecule has 1 saturated heterocycles. The van der Waals surface area contributed by atoms with Crippen LogP contribution in [0.2, 0.25) is 3.93 Å². The number of carbonyl (C=O) groups excluding carboxylic acids is 2. The predicted molar refractivity (Wildman–Crippen MR) is 54.2 cm³/mol. The first-order chi connectivity index (χ1) is 8.70. The van der Waals surface area contributed by atoms with Gasteiger partial charge in [0.2, 0.25) is 0 Å². The molecule has 2 atom stereocenters. The molecule has 1 unspecified atom stereocenters. The Balaban J connectivity index is 2.44. The average Bonchev–Trinajstić information content (AvgIpc) is 2.24. The van der Waals surface area contributed by atoms with Crippen LogP contribution in [-0.4, -0.2) is 52.9 Å². The number of nitrogens with zero attached hydrogens (tertiary/aromatic N) is 1. The van der Waals surface area contributed by atoms with E-state index in [4.69, 9.17) is 4.74 Å². The SMILES string of the molecule is CC(=O)[C@H]1COCC([CH2][Hg][C](=O)OC(F)(F)F)N1C. The number of likely N-dealkylation sites (N-methyl/N-ethyl adjacent to an activating group) is 1. The number of rotatable bonds is 4. The number of hydrogen-bond donors (Lipinski definition) is 0. The summed E-state index contributed by atoms with van der Waals surface area (Å²) in [6, 6.07) is -0.559. The minimum absolute atomic E-state index is 0.0539. The minimum atomic E-state index is -4.89. The fourth-order valence-electron chi connectivity index (χ4n) is 1.96. The van der Waals surface area contributed by atoms with Gasteiger partial charge in [-0.05, 0) is 0 Å². The van der Waals surface area contributed by atoms with Crippen LogP contribution in [0.3, 0.4) is 0 Å². The number of hydrogen-bond acceptors (Lipinski definition) is 5. The van der Waals surface area contributed by atoms with Crippen LogP contribution in [0.4, 0.5) is 18.0 Å². The topological polar surface area (TPSA) is 55.8 Å². The number of morpholine rings is 1. The first kappa shape index (κ1) is 16.8. The Bertz CT molecular complexity index is 350. The molecule has 0 spiro atoms. The molecule has 1 aliphatic rings. The van der Waals surface area contributed by atoms with Gasteiger partial charge in [0.05, 0.1) is 0 Å². The van der Waals surface area contributed by atoms with Crippen molar-refractivity contribution in [1.29, 1.82) is 0 Å². The summed E-state index contributed by atoms with van der Waals surface area (Å²) in [5.74, 6) is -0.0539. The van der Waals surface area contributed by atoms with E-state index < -0.39 is 34.4 Å². The van der Waals surface area contributed by atoms with Gasteiger partial charge < -0.3 is 0 Å². The van der Waals surface area contributed by atoms with Crippen molar-refractivity contribution in [2.24, 2.45) is 0 Å². The van der Waals surface area contributed by atoms with Crippen molar-refractivity contribution in [3.05, 3.63) is 0 Å². The molecule has 5 nitrogen and oxygen atoms in total. The van der Waals surface area contributed by atoms with Gasteiger partial charge in [-0.1, -0.05) is 0 Å². The molecule has 0 saturated carbocycles. The van der Waals surface area contributed by atoms with E-state index in [1.807, 2.05) is 0 Å². The van der Waals surface area contributed by atoms with Crippen molar-refractivity contribution in [3.63, 3.8) is 0 Å². The van der Waals surface area contributed by atoms with Crippen molar-refractivity contribution < 1.29 is 56.8 Å². The Labute approximate surface area is 120 Å². The molecular formula is C10H14F3HgNO4. The Hall–Kier alpha value is -0.215. The van der Waals surface area contributed by atoms with Gasteiger partial charge in [-0.15, -0.1) is 0 Å². The van der Waals surface area contributed by atoms with Crippen LogP contribution in [0.15, 0.2) is 0 Å². The van der Waals surface area contributed by atoms with Crippen LogP contribution in [-0.2, 0) is 38.8 Å². The van der Waals surface area contributed by atoms with Gasteiger partial charge in [-0.3, -0.25) is 0 Å². The Morgan fingerprint density at radius 3 is 2.58 bits per heavy atom. The molecule has 0 N–H and O–H groups in total. The third-order valence-corrected chi connectivity index (χ3v) is 8.90. The zero-order chi connectivity index (χ0) is 14.6. The van der Waals surface area contributed by atoms with Crippen molar-refractivity contribution in [2.75, 3.05) is 20.3 Å². The van der Waals surface area contributed by atoms with Crippen molar-refractivity contribution in [1.82, 2.24) is 4.90 Å². The number of Topliss-reactive ketones (excluding diaryl/α,β-unsaturated/α-hetero) is 1. The zero-order valence-corrected chi connectivity index (χ0v) is 16.2. The van der Waals surface area contributed by atoms with Gasteiger partial charge in [0.15, 0.2) is 0 Å². The number of halogens is 3. The third-order valence-electron chi connectivity index (χ3n) is 3.03. The van der Waals surface area contributed by atoms with Gasteiger partial charge in [-0.25, -0.2) is 0 Å². The first-order valence-electron chi connectivity index (χ1n) is 5.79. The Morgan fingerprint density at radius 2 is 2.05 bits per heavy atom. The molecule has 0 amide bonds. The number of carbonyl (C=O) groups is 2. The second-order valence-corrected chi connectivity index (χ2v) is 10.9. The molecular weight excluding hydrogens is 456 g/mol. The van der Waals surface area contributed by atoms with E-state index in [0.717, 1.165) is 0 Å². The monoisotopic (exact) mass is 471 g/mol. The Morgan fingerprint density at radius 1 is 1.42 bits per heavy atom. The molecule has 0 aromatic heterocycles. The molecule has 19 heavy (non-hydrogen) atoms. The standard InChI is InChI=1S/C8H14NO2.C2F3O2.Hg/c1-6-4-11-5-8(7(2)10)9(6)3;3-2(4,5)7-1-6;/h6,8H,1,4-5H2,2-3H3;;/t6?,8-;;/m1../s1. The molecule has 9 heteroatoms. The van der Waals surface area contributed by atoms with E-state index in [0.29, 0.717) is 10.5 Å². The molecule has 106 valence electrons. The molecule has 0 aromatic carbocycles. The zero-order valence-electron chi connectivity index (χ0n) is 10.7. The van der Waals surface area contributed by atoms with E-state index in [-0.39, 0.29) is 24.5 Å². The molecule has 0 aromatic rings. The summed E-state index contributed by atoms with van der Waals surface area (Å²) >= 11 is -2.47. The number of alkyl halides is 3. The van der Waals surface area contributed by atoms with Gasteiger partial charge in [0, 0.05) is 0 Å². The van der Waals surface area contributed by atoms with Gasteiger partial charge in [0.1, 0.15) is 0 Å². The Kier molecular flexibility index (Phi) is 6.19. The van der Waals surface area contributed by atoms with Crippen LogP contribution in [0.5, 0.6) is 0 Å². The number of ketones is 1. The van der Waals surface area contributed by atoms with Crippen LogP contribution in [0, 0.1) is 0 Å². The molecule has 1 rings (SSSR count). The third kappa shape index (κ3) is 5.74. The maximum atomic E-state index is 11.8. The second kappa shape index (κ2) is 6.98. The molecule has 0 radical (unpaired) electrons. The van der Waals surface area contributed by atoms with E-state index in [1.54, 1.807) is 11.9 Å². The van der Waals surface area contributed by atoms with Crippen molar-refractivity contribution in [3.8, 4) is 0 Å². The van der Waals surface area contributed by atoms with Gasteiger partial charge in [-0.2, -0.15) is 0 Å². The molecule has 1 fully saturated rings. The first-order valence-corrected chi connectivity index (χ1v) is 12.4.